The minimum absolute atomic E-state index is 0.239. The summed E-state index contributed by atoms with van der Waals surface area (Å²) < 4.78 is 5.30. The van der Waals surface area contributed by atoms with Crippen molar-refractivity contribution in [3.63, 3.8) is 0 Å². The quantitative estimate of drug-likeness (QED) is 0.841. The van der Waals surface area contributed by atoms with Gasteiger partial charge in [0.1, 0.15) is 0 Å². The molecule has 1 aromatic heterocycles. The number of aliphatic carboxylic acids is 1. The smallest absolute Gasteiger partial charge is 0.308 e. The third kappa shape index (κ3) is 4.03. The van der Waals surface area contributed by atoms with Crippen LogP contribution in [0, 0.1) is 18.8 Å². The van der Waals surface area contributed by atoms with Gasteiger partial charge in [0.15, 0.2) is 0 Å². The van der Waals surface area contributed by atoms with E-state index in [-0.39, 0.29) is 11.8 Å². The molecule has 106 valence electrons. The number of hydrogen-bond donors (Lipinski definition) is 2. The second-order valence-electron chi connectivity index (χ2n) is 5.05. The van der Waals surface area contributed by atoms with Crippen molar-refractivity contribution in [2.75, 3.05) is 19.8 Å². The normalized spacial score (nSPS) is 18.4. The fraction of sp³-hybridized carbons (Fsp3) is 0.643. The lowest BCUT2D eigenvalue weighted by molar-refractivity contribution is -0.144. The van der Waals surface area contributed by atoms with E-state index in [1.165, 1.54) is 10.4 Å². The highest BCUT2D eigenvalue weighted by Gasteiger charge is 2.29. The molecular formula is C14H21NO3S. The molecule has 1 saturated heterocycles. The molecule has 4 nitrogen and oxygen atoms in total. The van der Waals surface area contributed by atoms with E-state index in [0.29, 0.717) is 19.8 Å². The van der Waals surface area contributed by atoms with Gasteiger partial charge in [0.05, 0.1) is 5.92 Å². The second kappa shape index (κ2) is 7.03. The first-order valence-corrected chi connectivity index (χ1v) is 7.60. The van der Waals surface area contributed by atoms with Crippen molar-refractivity contribution in [1.29, 1.82) is 0 Å². The Balaban J connectivity index is 1.83. The van der Waals surface area contributed by atoms with Crippen molar-refractivity contribution in [3.8, 4) is 0 Å². The molecule has 1 aliphatic heterocycles. The van der Waals surface area contributed by atoms with E-state index in [1.54, 1.807) is 11.3 Å². The molecular weight excluding hydrogens is 262 g/mol. The van der Waals surface area contributed by atoms with Crippen LogP contribution in [0.5, 0.6) is 0 Å². The lowest BCUT2D eigenvalue weighted by Crippen LogP contribution is -2.36. The molecule has 5 heteroatoms. The number of carboxylic acid groups (broad SMARTS) is 1. The molecule has 1 aromatic rings. The molecule has 1 atom stereocenters. The summed E-state index contributed by atoms with van der Waals surface area (Å²) >= 11 is 1.72. The van der Waals surface area contributed by atoms with E-state index < -0.39 is 5.97 Å². The number of nitrogens with one attached hydrogen (secondary N) is 1. The Morgan fingerprint density at radius 2 is 2.32 bits per heavy atom. The maximum Gasteiger partial charge on any atom is 0.308 e. The molecule has 0 amide bonds. The van der Waals surface area contributed by atoms with Gasteiger partial charge in [0.2, 0.25) is 0 Å². The summed E-state index contributed by atoms with van der Waals surface area (Å²) in [6, 6.07) is 2.09. The summed E-state index contributed by atoms with van der Waals surface area (Å²) in [5.74, 6) is -0.755. The van der Waals surface area contributed by atoms with Crippen LogP contribution in [0.2, 0.25) is 0 Å². The zero-order valence-electron chi connectivity index (χ0n) is 11.2. The summed E-state index contributed by atoms with van der Waals surface area (Å²) in [4.78, 5) is 12.7. The Labute approximate surface area is 117 Å². The van der Waals surface area contributed by atoms with E-state index in [2.05, 4.69) is 23.7 Å². The highest BCUT2D eigenvalue weighted by atomic mass is 32.1. The Hall–Kier alpha value is -0.910. The standard InChI is InChI=1S/C14H21NO3S/c1-10-4-7-19-13(10)9-15-8-12(14(16)17)11-2-5-18-6-3-11/h4,7,11-12,15H,2-3,5-6,8-9H2,1H3,(H,16,17). The van der Waals surface area contributed by atoms with Gasteiger partial charge in [0.25, 0.3) is 0 Å². The molecule has 2 heterocycles. The lowest BCUT2D eigenvalue weighted by atomic mass is 9.86. The first kappa shape index (κ1) is 14.5. The fourth-order valence-electron chi connectivity index (χ4n) is 2.50. The molecule has 0 spiro atoms. The van der Waals surface area contributed by atoms with Gasteiger partial charge in [-0.25, -0.2) is 0 Å². The Kier molecular flexibility index (Phi) is 5.36. The Morgan fingerprint density at radius 3 is 2.89 bits per heavy atom. The van der Waals surface area contributed by atoms with Crippen molar-refractivity contribution in [1.82, 2.24) is 5.32 Å². The molecule has 0 aliphatic carbocycles. The van der Waals surface area contributed by atoms with Crippen LogP contribution < -0.4 is 5.32 Å². The minimum Gasteiger partial charge on any atom is -0.481 e. The van der Waals surface area contributed by atoms with Gasteiger partial charge in [-0.1, -0.05) is 0 Å². The van der Waals surface area contributed by atoms with Crippen LogP contribution in [0.1, 0.15) is 23.3 Å². The zero-order chi connectivity index (χ0) is 13.7. The summed E-state index contributed by atoms with van der Waals surface area (Å²) in [7, 11) is 0. The number of carboxylic acids is 1. The van der Waals surface area contributed by atoms with Crippen LogP contribution in [-0.2, 0) is 16.1 Å². The molecule has 0 saturated carbocycles. The van der Waals surface area contributed by atoms with Crippen LogP contribution >= 0.6 is 11.3 Å². The molecule has 1 unspecified atom stereocenters. The summed E-state index contributed by atoms with van der Waals surface area (Å²) in [5, 5.41) is 14.7. The predicted octanol–water partition coefficient (Wildman–Crippen LogP) is 2.27. The van der Waals surface area contributed by atoms with Crippen molar-refractivity contribution in [2.45, 2.75) is 26.3 Å². The predicted molar refractivity (Wildman–Crippen MR) is 75.4 cm³/mol. The van der Waals surface area contributed by atoms with Gasteiger partial charge in [-0.15, -0.1) is 11.3 Å². The number of hydrogen-bond acceptors (Lipinski definition) is 4. The van der Waals surface area contributed by atoms with Crippen LogP contribution in [0.4, 0.5) is 0 Å². The van der Waals surface area contributed by atoms with Gasteiger partial charge < -0.3 is 15.2 Å². The molecule has 1 fully saturated rings. The van der Waals surface area contributed by atoms with Gasteiger partial charge in [-0.05, 0) is 42.7 Å². The summed E-state index contributed by atoms with van der Waals surface area (Å²) in [6.07, 6.45) is 1.72. The highest BCUT2D eigenvalue weighted by molar-refractivity contribution is 7.10. The number of aryl methyl sites for hydroxylation is 1. The third-order valence-electron chi connectivity index (χ3n) is 3.77. The van der Waals surface area contributed by atoms with Crippen molar-refractivity contribution < 1.29 is 14.6 Å². The molecule has 2 rings (SSSR count). The molecule has 1 aliphatic rings. The lowest BCUT2D eigenvalue weighted by Gasteiger charge is -2.27. The first-order chi connectivity index (χ1) is 9.18. The third-order valence-corrected chi connectivity index (χ3v) is 4.79. The van der Waals surface area contributed by atoms with Crippen molar-refractivity contribution in [3.05, 3.63) is 21.9 Å². The van der Waals surface area contributed by atoms with Gasteiger partial charge >= 0.3 is 5.97 Å². The van der Waals surface area contributed by atoms with E-state index in [4.69, 9.17) is 4.74 Å². The average Bonchev–Trinajstić information content (AvgIpc) is 2.81. The van der Waals surface area contributed by atoms with Gasteiger partial charge in [-0.2, -0.15) is 0 Å². The molecule has 2 N–H and O–H groups in total. The SMILES string of the molecule is Cc1ccsc1CNCC(C(=O)O)C1CCOCC1. The topological polar surface area (TPSA) is 58.6 Å². The van der Waals surface area contributed by atoms with Crippen molar-refractivity contribution in [2.24, 2.45) is 11.8 Å². The highest BCUT2D eigenvalue weighted by Crippen LogP contribution is 2.24. The molecule has 0 bridgehead atoms. The second-order valence-corrected chi connectivity index (χ2v) is 6.05. The number of carbonyl (C=O) groups is 1. The van der Waals surface area contributed by atoms with E-state index in [0.717, 1.165) is 19.4 Å². The van der Waals surface area contributed by atoms with E-state index in [1.807, 2.05) is 0 Å². The zero-order valence-corrected chi connectivity index (χ0v) is 12.0. The number of rotatable bonds is 6. The largest absolute Gasteiger partial charge is 0.481 e. The van der Waals surface area contributed by atoms with Crippen LogP contribution in [0.3, 0.4) is 0 Å². The molecule has 19 heavy (non-hydrogen) atoms. The summed E-state index contributed by atoms with van der Waals surface area (Å²) in [6.45, 7) is 4.77. The van der Waals surface area contributed by atoms with Crippen LogP contribution in [-0.4, -0.2) is 30.8 Å². The first-order valence-electron chi connectivity index (χ1n) is 6.72. The monoisotopic (exact) mass is 283 g/mol. The Bertz CT molecular complexity index is 413. The maximum atomic E-state index is 11.4. The molecule has 0 aromatic carbocycles. The average molecular weight is 283 g/mol. The maximum absolute atomic E-state index is 11.4. The van der Waals surface area contributed by atoms with E-state index in [9.17, 15) is 9.90 Å². The number of ether oxygens (including phenoxy) is 1. The molecule has 0 radical (unpaired) electrons. The Morgan fingerprint density at radius 1 is 1.58 bits per heavy atom. The minimum atomic E-state index is -0.692. The van der Waals surface area contributed by atoms with Crippen molar-refractivity contribution >= 4 is 17.3 Å². The number of thiophene rings is 1. The van der Waals surface area contributed by atoms with Gasteiger partial charge in [-0.3, -0.25) is 4.79 Å². The summed E-state index contributed by atoms with van der Waals surface area (Å²) in [5.41, 5.74) is 1.27. The van der Waals surface area contributed by atoms with Crippen LogP contribution in [0.15, 0.2) is 11.4 Å². The van der Waals surface area contributed by atoms with Crippen LogP contribution in [0.25, 0.3) is 0 Å². The van der Waals surface area contributed by atoms with E-state index >= 15 is 0 Å². The fourth-order valence-corrected chi connectivity index (χ4v) is 3.38. The van der Waals surface area contributed by atoms with Gasteiger partial charge in [0, 0.05) is 31.2 Å².